The van der Waals surface area contributed by atoms with Gasteiger partial charge in [-0.15, -0.1) is 0 Å². The molecule has 1 N–H and O–H groups in total. The lowest BCUT2D eigenvalue weighted by Gasteiger charge is -2.28. The van der Waals surface area contributed by atoms with E-state index in [0.29, 0.717) is 24.8 Å². The third-order valence-electron chi connectivity index (χ3n) is 4.91. The standard InChI is InChI=1S/C18H21F3N4/c1-12-2-4-14(22-9-12)13-3-5-16-15(8-13)23-17-10-24(6-7-25(16)17)11-18(19,20)21/h3-5,8,12,22H,2,6-7,9-11H2,1H3/t12-/m0/s1. The number of alkyl halides is 3. The Morgan fingerprint density at radius 3 is 2.84 bits per heavy atom. The van der Waals surface area contributed by atoms with Crippen LogP contribution in [0.5, 0.6) is 0 Å². The molecule has 1 aromatic carbocycles. The minimum absolute atomic E-state index is 0.238. The Hall–Kier alpha value is -2.02. The Balaban J connectivity index is 1.61. The van der Waals surface area contributed by atoms with Crippen molar-refractivity contribution in [3.63, 3.8) is 0 Å². The molecule has 2 aliphatic heterocycles. The van der Waals surface area contributed by atoms with Crippen molar-refractivity contribution >= 4 is 16.7 Å². The number of rotatable bonds is 2. The first kappa shape index (κ1) is 16.4. The third-order valence-corrected chi connectivity index (χ3v) is 4.91. The maximum Gasteiger partial charge on any atom is 0.401 e. The highest BCUT2D eigenvalue weighted by molar-refractivity contribution is 5.81. The molecule has 2 aromatic rings. The number of benzene rings is 1. The van der Waals surface area contributed by atoms with Gasteiger partial charge in [0.05, 0.1) is 24.1 Å². The summed E-state index contributed by atoms with van der Waals surface area (Å²) >= 11 is 0. The van der Waals surface area contributed by atoms with Gasteiger partial charge in [0.1, 0.15) is 5.82 Å². The van der Waals surface area contributed by atoms with Crippen molar-refractivity contribution in [3.05, 3.63) is 35.7 Å². The Morgan fingerprint density at radius 1 is 1.28 bits per heavy atom. The molecule has 7 heteroatoms. The number of hydrogen-bond acceptors (Lipinski definition) is 3. The average Bonchev–Trinajstić information content (AvgIpc) is 2.90. The highest BCUT2D eigenvalue weighted by atomic mass is 19.4. The van der Waals surface area contributed by atoms with Crippen LogP contribution in [0, 0.1) is 5.92 Å². The molecule has 0 spiro atoms. The number of imidazole rings is 1. The third kappa shape index (κ3) is 3.38. The fourth-order valence-corrected chi connectivity index (χ4v) is 3.61. The van der Waals surface area contributed by atoms with Crippen LogP contribution < -0.4 is 5.32 Å². The van der Waals surface area contributed by atoms with Crippen molar-refractivity contribution < 1.29 is 13.2 Å². The first-order valence-electron chi connectivity index (χ1n) is 8.62. The van der Waals surface area contributed by atoms with Gasteiger partial charge in [-0.05, 0) is 30.0 Å². The van der Waals surface area contributed by atoms with E-state index in [0.717, 1.165) is 35.3 Å². The lowest BCUT2D eigenvalue weighted by molar-refractivity contribution is -0.148. The van der Waals surface area contributed by atoms with E-state index >= 15 is 0 Å². The predicted octanol–water partition coefficient (Wildman–Crippen LogP) is 3.38. The number of aromatic nitrogens is 2. The Morgan fingerprint density at radius 2 is 2.12 bits per heavy atom. The Bertz CT molecular complexity index is 822. The Kier molecular flexibility index (Phi) is 3.98. The van der Waals surface area contributed by atoms with Gasteiger partial charge in [-0.2, -0.15) is 13.2 Å². The van der Waals surface area contributed by atoms with E-state index in [1.807, 2.05) is 16.7 Å². The van der Waals surface area contributed by atoms with Crippen molar-refractivity contribution in [2.45, 2.75) is 32.6 Å². The van der Waals surface area contributed by atoms with Crippen LogP contribution in [0.25, 0.3) is 16.7 Å². The van der Waals surface area contributed by atoms with E-state index in [-0.39, 0.29) is 6.54 Å². The van der Waals surface area contributed by atoms with Crippen molar-refractivity contribution in [1.82, 2.24) is 19.8 Å². The van der Waals surface area contributed by atoms with E-state index in [1.54, 1.807) is 0 Å². The van der Waals surface area contributed by atoms with Gasteiger partial charge in [0.2, 0.25) is 0 Å². The lowest BCUT2D eigenvalue weighted by atomic mass is 10.00. The SMILES string of the molecule is C[C@H]1CC=C(c2ccc3c(c2)nc2n3CCN(CC(F)(F)F)C2)NC1. The minimum atomic E-state index is -4.17. The average molecular weight is 350 g/mol. The zero-order valence-corrected chi connectivity index (χ0v) is 14.1. The van der Waals surface area contributed by atoms with Crippen molar-refractivity contribution in [2.24, 2.45) is 5.92 Å². The summed E-state index contributed by atoms with van der Waals surface area (Å²) in [7, 11) is 0. The number of halogens is 3. The molecule has 0 bridgehead atoms. The summed E-state index contributed by atoms with van der Waals surface area (Å²) in [6.07, 6.45) is -0.916. The zero-order valence-electron chi connectivity index (χ0n) is 14.1. The highest BCUT2D eigenvalue weighted by Crippen LogP contribution is 2.27. The summed E-state index contributed by atoms with van der Waals surface area (Å²) in [5, 5.41) is 3.44. The molecule has 4 nitrogen and oxygen atoms in total. The van der Waals surface area contributed by atoms with Crippen LogP contribution in [-0.4, -0.2) is 40.3 Å². The zero-order chi connectivity index (χ0) is 17.6. The van der Waals surface area contributed by atoms with Crippen LogP contribution >= 0.6 is 0 Å². The van der Waals surface area contributed by atoms with Gasteiger partial charge >= 0.3 is 6.18 Å². The monoisotopic (exact) mass is 350 g/mol. The normalized spacial score (nSPS) is 21.8. The number of hydrogen-bond donors (Lipinski definition) is 1. The van der Waals surface area contributed by atoms with E-state index < -0.39 is 12.7 Å². The van der Waals surface area contributed by atoms with Crippen molar-refractivity contribution in [3.8, 4) is 0 Å². The quantitative estimate of drug-likeness (QED) is 0.901. The molecular formula is C18H21F3N4. The highest BCUT2D eigenvalue weighted by Gasteiger charge is 2.33. The van der Waals surface area contributed by atoms with Crippen LogP contribution in [0.1, 0.15) is 24.7 Å². The summed E-state index contributed by atoms with van der Waals surface area (Å²) in [6.45, 7) is 3.46. The molecule has 134 valence electrons. The molecule has 4 rings (SSSR count). The van der Waals surface area contributed by atoms with E-state index in [4.69, 9.17) is 0 Å². The van der Waals surface area contributed by atoms with Crippen LogP contribution in [0.4, 0.5) is 13.2 Å². The molecule has 3 heterocycles. The first-order valence-corrected chi connectivity index (χ1v) is 8.62. The van der Waals surface area contributed by atoms with Gasteiger partial charge in [-0.25, -0.2) is 4.98 Å². The number of nitrogens with zero attached hydrogens (tertiary/aromatic N) is 3. The first-order chi connectivity index (χ1) is 11.9. The van der Waals surface area contributed by atoms with Crippen LogP contribution in [-0.2, 0) is 13.1 Å². The lowest BCUT2D eigenvalue weighted by Crippen LogP contribution is -2.39. The second kappa shape index (κ2) is 6.05. The number of nitrogens with one attached hydrogen (secondary N) is 1. The molecular weight excluding hydrogens is 329 g/mol. The number of allylic oxidation sites excluding steroid dienone is 1. The van der Waals surface area contributed by atoms with Crippen LogP contribution in [0.15, 0.2) is 24.3 Å². The van der Waals surface area contributed by atoms with Gasteiger partial charge in [-0.1, -0.05) is 19.1 Å². The van der Waals surface area contributed by atoms with Crippen molar-refractivity contribution in [2.75, 3.05) is 19.6 Å². The van der Waals surface area contributed by atoms with Gasteiger partial charge in [0.25, 0.3) is 0 Å². The molecule has 1 atom stereocenters. The van der Waals surface area contributed by atoms with E-state index in [2.05, 4.69) is 29.4 Å². The van der Waals surface area contributed by atoms with Crippen molar-refractivity contribution in [1.29, 1.82) is 0 Å². The predicted molar refractivity (Wildman–Crippen MR) is 90.8 cm³/mol. The summed E-state index contributed by atoms with van der Waals surface area (Å²) in [6, 6.07) is 6.12. The van der Waals surface area contributed by atoms with Gasteiger partial charge < -0.3 is 9.88 Å². The molecule has 0 saturated heterocycles. The molecule has 1 aromatic heterocycles. The molecule has 0 saturated carbocycles. The summed E-state index contributed by atoms with van der Waals surface area (Å²) in [5.74, 6) is 1.34. The smallest absolute Gasteiger partial charge is 0.385 e. The number of fused-ring (bicyclic) bond motifs is 3. The van der Waals surface area contributed by atoms with Gasteiger partial charge in [0.15, 0.2) is 0 Å². The second-order valence-corrected chi connectivity index (χ2v) is 7.05. The van der Waals surface area contributed by atoms with Crippen LogP contribution in [0.3, 0.4) is 0 Å². The molecule has 25 heavy (non-hydrogen) atoms. The van der Waals surface area contributed by atoms with E-state index in [1.165, 1.54) is 4.90 Å². The maximum atomic E-state index is 12.6. The van der Waals surface area contributed by atoms with Gasteiger partial charge in [0, 0.05) is 25.3 Å². The summed E-state index contributed by atoms with van der Waals surface area (Å²) in [4.78, 5) is 6.01. The molecule has 0 aliphatic carbocycles. The molecule has 0 radical (unpaired) electrons. The van der Waals surface area contributed by atoms with E-state index in [9.17, 15) is 13.2 Å². The summed E-state index contributed by atoms with van der Waals surface area (Å²) < 4.78 is 39.9. The Labute approximate surface area is 144 Å². The van der Waals surface area contributed by atoms with Gasteiger partial charge in [-0.3, -0.25) is 4.90 Å². The molecule has 2 aliphatic rings. The maximum absolute atomic E-state index is 12.6. The molecule has 0 amide bonds. The van der Waals surface area contributed by atoms with Crippen LogP contribution in [0.2, 0.25) is 0 Å². The molecule has 0 unspecified atom stereocenters. The molecule has 0 fully saturated rings. The fraction of sp³-hybridized carbons (Fsp3) is 0.500. The topological polar surface area (TPSA) is 33.1 Å². The second-order valence-electron chi connectivity index (χ2n) is 7.05. The largest absolute Gasteiger partial charge is 0.401 e. The fourth-order valence-electron chi connectivity index (χ4n) is 3.61. The minimum Gasteiger partial charge on any atom is -0.385 e. The summed E-state index contributed by atoms with van der Waals surface area (Å²) in [5.41, 5.74) is 4.05.